The van der Waals surface area contributed by atoms with Gasteiger partial charge in [-0.15, -0.1) is 5.69 Å². The van der Waals surface area contributed by atoms with E-state index in [0.717, 1.165) is 6.07 Å². The summed E-state index contributed by atoms with van der Waals surface area (Å²) >= 11 is 0. The van der Waals surface area contributed by atoms with Crippen LogP contribution in [0.1, 0.15) is 0 Å². The molecule has 0 aromatic heterocycles. The summed E-state index contributed by atoms with van der Waals surface area (Å²) in [4.78, 5) is 0. The van der Waals surface area contributed by atoms with Crippen molar-refractivity contribution in [1.29, 1.82) is 0 Å². The second-order valence-corrected chi connectivity index (χ2v) is 6.85. The van der Waals surface area contributed by atoms with Crippen LogP contribution < -0.4 is 0 Å². The predicted molar refractivity (Wildman–Crippen MR) is 77.9 cm³/mol. The Balaban J connectivity index is 2.37. The number of hydrogen-bond donors (Lipinski definition) is 0. The molecule has 0 fully saturated rings. The van der Waals surface area contributed by atoms with E-state index >= 15 is 0 Å². The van der Waals surface area contributed by atoms with Crippen LogP contribution in [0.4, 0.5) is 45.2 Å². The molecule has 0 aliphatic heterocycles. The number of benzene rings is 2. The van der Waals surface area contributed by atoms with Crippen molar-refractivity contribution in [2.75, 3.05) is 0 Å². The molecule has 0 aliphatic carbocycles. The van der Waals surface area contributed by atoms with Crippen LogP contribution in [-0.2, 0) is 14.4 Å². The normalized spacial score (nSPS) is 14.3. The van der Waals surface area contributed by atoms with Gasteiger partial charge in [-0.25, -0.2) is 0 Å². The van der Waals surface area contributed by atoms with E-state index in [2.05, 4.69) is 9.76 Å². The lowest BCUT2D eigenvalue weighted by atomic mass is 10.1. The van der Waals surface area contributed by atoms with Crippen LogP contribution in [0.3, 0.4) is 0 Å². The van der Waals surface area contributed by atoms with E-state index in [9.17, 15) is 47.9 Å². The Morgan fingerprint density at radius 3 is 1.86 bits per heavy atom. The summed E-state index contributed by atoms with van der Waals surface area (Å²) < 4.78 is 141. The first-order valence-electron chi connectivity index (χ1n) is 6.88. The summed E-state index contributed by atoms with van der Waals surface area (Å²) in [6.45, 7) is 0. The number of alkyl halides is 9. The lowest BCUT2D eigenvalue weighted by Crippen LogP contribution is -2.63. The number of rotatable bonds is 6. The molecular formula is C14H7F9NO3S-. The van der Waals surface area contributed by atoms with Crippen molar-refractivity contribution < 1.29 is 52.2 Å². The van der Waals surface area contributed by atoms with E-state index < -0.39 is 39.1 Å². The molecule has 0 amide bonds. The highest BCUT2D eigenvalue weighted by Crippen LogP contribution is 2.55. The van der Waals surface area contributed by atoms with Crippen molar-refractivity contribution >= 4 is 26.6 Å². The molecule has 0 saturated carbocycles. The highest BCUT2D eigenvalue weighted by molar-refractivity contribution is 7.88. The average Bonchev–Trinajstić information content (AvgIpc) is 2.58. The first-order valence-corrected chi connectivity index (χ1v) is 8.29. The predicted octanol–water partition coefficient (Wildman–Crippen LogP) is 5.53. The van der Waals surface area contributed by atoms with Crippen LogP contribution in [0.2, 0.25) is 0 Å². The van der Waals surface area contributed by atoms with Gasteiger partial charge in [-0.2, -0.15) is 47.9 Å². The van der Waals surface area contributed by atoms with Crippen molar-refractivity contribution in [3.63, 3.8) is 0 Å². The van der Waals surface area contributed by atoms with Gasteiger partial charge in [0.05, 0.1) is 0 Å². The molecule has 0 spiro atoms. The SMILES string of the molecule is O=S(=O)(O[N-]c1cccc2ccccc12)C(F)(F)C(F)(F)C(F)(F)C(F)(F)F. The van der Waals surface area contributed by atoms with Gasteiger partial charge in [0.2, 0.25) is 0 Å². The molecule has 0 heterocycles. The Morgan fingerprint density at radius 2 is 1.29 bits per heavy atom. The Morgan fingerprint density at radius 1 is 0.750 bits per heavy atom. The van der Waals surface area contributed by atoms with Crippen molar-refractivity contribution in [3.05, 3.63) is 47.9 Å². The Hall–Kier alpha value is -2.22. The van der Waals surface area contributed by atoms with Crippen LogP contribution in [0.15, 0.2) is 42.5 Å². The van der Waals surface area contributed by atoms with Crippen LogP contribution in [0.5, 0.6) is 0 Å². The van der Waals surface area contributed by atoms with Gasteiger partial charge >= 0.3 is 33.4 Å². The van der Waals surface area contributed by atoms with E-state index in [1.54, 1.807) is 0 Å². The highest BCUT2D eigenvalue weighted by Gasteiger charge is 2.85. The average molecular weight is 440 g/mol. The minimum Gasteiger partial charge on any atom is -0.544 e. The van der Waals surface area contributed by atoms with Crippen molar-refractivity contribution in [2.24, 2.45) is 0 Å². The standard InChI is InChI=1S/C14H7F9NO3S/c15-11(16,13(19,20)21)12(17,18)14(22,23)28(25,26)27-24-10-7-3-5-8-4-1-2-6-9(8)10/h1-7H/q-1. The summed E-state index contributed by atoms with van der Waals surface area (Å²) in [5, 5.41) is -6.49. The van der Waals surface area contributed by atoms with Gasteiger partial charge in [0.25, 0.3) is 0 Å². The third-order valence-corrected chi connectivity index (χ3v) is 4.59. The van der Waals surface area contributed by atoms with E-state index in [0.29, 0.717) is 5.39 Å². The lowest BCUT2D eigenvalue weighted by molar-refractivity contribution is -0.382. The van der Waals surface area contributed by atoms with Crippen molar-refractivity contribution in [3.8, 4) is 0 Å². The topological polar surface area (TPSA) is 57.5 Å². The Labute approximate surface area is 151 Å². The summed E-state index contributed by atoms with van der Waals surface area (Å²) in [6.07, 6.45) is -7.16. The maximum atomic E-state index is 13.5. The fourth-order valence-corrected chi connectivity index (χ4v) is 2.66. The van der Waals surface area contributed by atoms with Gasteiger partial charge in [-0.1, -0.05) is 42.5 Å². The molecule has 2 aromatic carbocycles. The molecule has 0 aliphatic rings. The van der Waals surface area contributed by atoms with Crippen LogP contribution >= 0.6 is 0 Å². The first kappa shape index (κ1) is 22.1. The zero-order valence-corrected chi connectivity index (χ0v) is 13.8. The molecule has 14 heteroatoms. The molecular weight excluding hydrogens is 433 g/mol. The third kappa shape index (κ3) is 3.34. The molecule has 28 heavy (non-hydrogen) atoms. The largest absolute Gasteiger partial charge is 0.544 e. The minimum atomic E-state index is -7.38. The van der Waals surface area contributed by atoms with E-state index in [-0.39, 0.29) is 5.39 Å². The van der Waals surface area contributed by atoms with Crippen LogP contribution in [-0.4, -0.2) is 31.7 Å². The summed E-state index contributed by atoms with van der Waals surface area (Å²) in [6, 6.07) is 9.40. The smallest absolute Gasteiger partial charge is 0.460 e. The summed E-state index contributed by atoms with van der Waals surface area (Å²) in [5.41, 5.74) is 2.22. The van der Waals surface area contributed by atoms with Crippen LogP contribution in [0, 0.1) is 0 Å². The first-order chi connectivity index (χ1) is 12.6. The molecule has 0 saturated heterocycles. The maximum Gasteiger partial charge on any atom is 0.460 e. The van der Waals surface area contributed by atoms with Crippen molar-refractivity contribution in [2.45, 2.75) is 23.3 Å². The van der Waals surface area contributed by atoms with Gasteiger partial charge in [0.1, 0.15) is 0 Å². The van der Waals surface area contributed by atoms with E-state index in [4.69, 9.17) is 0 Å². The minimum absolute atomic E-state index is 0.0934. The molecule has 0 N–H and O–H groups in total. The maximum absolute atomic E-state index is 13.5. The molecule has 2 aromatic rings. The molecule has 0 unspecified atom stereocenters. The van der Waals surface area contributed by atoms with E-state index in [1.165, 1.54) is 36.4 Å². The Bertz CT molecular complexity index is 968. The van der Waals surface area contributed by atoms with Gasteiger partial charge in [0.15, 0.2) is 0 Å². The highest BCUT2D eigenvalue weighted by atomic mass is 32.2. The molecule has 0 atom stereocenters. The molecule has 2 rings (SSSR count). The second-order valence-electron chi connectivity index (χ2n) is 5.28. The monoisotopic (exact) mass is 440 g/mol. The summed E-state index contributed by atoms with van der Waals surface area (Å²) in [5.74, 6) is -14.8. The zero-order valence-electron chi connectivity index (χ0n) is 13.0. The van der Waals surface area contributed by atoms with Gasteiger partial charge in [0, 0.05) is 0 Å². The number of nitrogens with zero attached hydrogens (tertiary/aromatic N) is 1. The molecule has 156 valence electrons. The molecule has 4 nitrogen and oxygen atoms in total. The quantitative estimate of drug-likeness (QED) is 0.438. The number of hydrogen-bond acceptors (Lipinski definition) is 3. The zero-order chi connectivity index (χ0) is 21.6. The lowest BCUT2D eigenvalue weighted by Gasteiger charge is -2.34. The van der Waals surface area contributed by atoms with Crippen molar-refractivity contribution in [1.82, 2.24) is 0 Å². The Kier molecular flexibility index (Phi) is 5.27. The number of halogens is 9. The summed E-state index contributed by atoms with van der Waals surface area (Å²) in [7, 11) is -7.06. The molecule has 0 radical (unpaired) electrons. The fraction of sp³-hybridized carbons (Fsp3) is 0.286. The number of fused-ring (bicyclic) bond motifs is 1. The second kappa shape index (κ2) is 6.69. The van der Waals surface area contributed by atoms with Gasteiger partial charge < -0.3 is 9.76 Å². The third-order valence-electron chi connectivity index (χ3n) is 3.43. The van der Waals surface area contributed by atoms with Gasteiger partial charge in [-0.3, -0.25) is 0 Å². The van der Waals surface area contributed by atoms with E-state index in [1.807, 2.05) is 0 Å². The van der Waals surface area contributed by atoms with Crippen LogP contribution in [0.25, 0.3) is 16.3 Å². The fourth-order valence-electron chi connectivity index (χ4n) is 1.94. The molecule has 0 bridgehead atoms. The van der Waals surface area contributed by atoms with Gasteiger partial charge in [-0.05, 0) is 10.8 Å².